The molecule has 0 unspecified atom stereocenters. The lowest BCUT2D eigenvalue weighted by Gasteiger charge is -2.36. The Morgan fingerprint density at radius 2 is 1.91 bits per heavy atom. The maximum atomic E-state index is 13.5. The first-order valence-electron chi connectivity index (χ1n) is 11.8. The Bertz CT molecular complexity index is 1380. The topological polar surface area (TPSA) is 79.7 Å². The third-order valence-corrected chi connectivity index (χ3v) is 6.87. The predicted molar refractivity (Wildman–Crippen MR) is 129 cm³/mol. The summed E-state index contributed by atoms with van der Waals surface area (Å²) < 4.78 is 15.1. The van der Waals surface area contributed by atoms with Gasteiger partial charge in [0.25, 0.3) is 5.56 Å². The molecule has 1 aliphatic heterocycles. The third kappa shape index (κ3) is 4.25. The van der Waals surface area contributed by atoms with Gasteiger partial charge in [-0.2, -0.15) is 0 Å². The van der Waals surface area contributed by atoms with Crippen molar-refractivity contribution < 1.29 is 4.39 Å². The molecule has 0 radical (unpaired) electrons. The number of aryl methyl sites for hydroxylation is 2. The van der Waals surface area contributed by atoms with E-state index in [9.17, 15) is 9.18 Å². The van der Waals surface area contributed by atoms with Gasteiger partial charge in [0.1, 0.15) is 11.9 Å². The van der Waals surface area contributed by atoms with Gasteiger partial charge >= 0.3 is 0 Å². The molecule has 0 amide bonds. The van der Waals surface area contributed by atoms with Crippen LogP contribution in [0.1, 0.15) is 53.9 Å². The summed E-state index contributed by atoms with van der Waals surface area (Å²) in [5.41, 5.74) is 4.42. The Balaban J connectivity index is 1.64. The van der Waals surface area contributed by atoms with Crippen LogP contribution in [-0.2, 0) is 6.54 Å². The fraction of sp³-hybridized carbons (Fsp3) is 0.385. The van der Waals surface area contributed by atoms with Gasteiger partial charge in [-0.1, -0.05) is 31.2 Å². The van der Waals surface area contributed by atoms with E-state index in [0.717, 1.165) is 53.5 Å². The molecule has 2 atom stereocenters. The van der Waals surface area contributed by atoms with Gasteiger partial charge in [-0.25, -0.2) is 9.07 Å². The van der Waals surface area contributed by atoms with Crippen LogP contribution in [0, 0.1) is 25.6 Å². The van der Waals surface area contributed by atoms with E-state index in [0.29, 0.717) is 23.9 Å². The van der Waals surface area contributed by atoms with E-state index in [1.54, 1.807) is 16.8 Å². The van der Waals surface area contributed by atoms with Crippen molar-refractivity contribution in [2.45, 2.75) is 46.2 Å². The second-order valence-corrected chi connectivity index (χ2v) is 9.51. The number of rotatable bonds is 5. The van der Waals surface area contributed by atoms with E-state index in [4.69, 9.17) is 0 Å². The van der Waals surface area contributed by atoms with Crippen molar-refractivity contribution in [3.05, 3.63) is 86.7 Å². The Morgan fingerprint density at radius 3 is 2.68 bits per heavy atom. The molecule has 34 heavy (non-hydrogen) atoms. The molecule has 8 heteroatoms. The van der Waals surface area contributed by atoms with Crippen molar-refractivity contribution >= 4 is 10.9 Å². The summed E-state index contributed by atoms with van der Waals surface area (Å²) in [6.45, 7) is 8.42. The summed E-state index contributed by atoms with van der Waals surface area (Å²) in [4.78, 5) is 18.9. The molecule has 176 valence electrons. The molecule has 0 spiro atoms. The van der Waals surface area contributed by atoms with Gasteiger partial charge in [-0.15, -0.1) is 5.10 Å². The highest BCUT2D eigenvalue weighted by atomic mass is 19.1. The standard InChI is InChI=1S/C26H29FN6O/c1-16-5-4-12-32(14-16)24(22-13-21-17(2)6-7-18(3)23(21)28-26(22)34)25-29-30-31-33(25)15-19-8-10-20(27)11-9-19/h6-11,13,16,24H,4-5,12,14-15H2,1-3H3,(H,28,34)/t16-,24-/m1/s1. The van der Waals surface area contributed by atoms with E-state index in [-0.39, 0.29) is 17.4 Å². The van der Waals surface area contributed by atoms with Crippen LogP contribution in [0.3, 0.4) is 0 Å². The van der Waals surface area contributed by atoms with E-state index in [2.05, 4.69) is 45.3 Å². The van der Waals surface area contributed by atoms with E-state index >= 15 is 0 Å². The Hall–Kier alpha value is -3.39. The largest absolute Gasteiger partial charge is 0.321 e. The first-order valence-corrected chi connectivity index (χ1v) is 11.8. The molecule has 0 bridgehead atoms. The molecule has 2 aromatic carbocycles. The number of hydrogen-bond donors (Lipinski definition) is 1. The summed E-state index contributed by atoms with van der Waals surface area (Å²) >= 11 is 0. The van der Waals surface area contributed by atoms with Gasteiger partial charge in [0.15, 0.2) is 5.82 Å². The number of pyridine rings is 1. The highest BCUT2D eigenvalue weighted by Gasteiger charge is 2.33. The lowest BCUT2D eigenvalue weighted by molar-refractivity contribution is 0.141. The van der Waals surface area contributed by atoms with Crippen molar-refractivity contribution in [1.29, 1.82) is 0 Å². The fourth-order valence-corrected chi connectivity index (χ4v) is 5.04. The van der Waals surface area contributed by atoms with Crippen LogP contribution >= 0.6 is 0 Å². The monoisotopic (exact) mass is 460 g/mol. The number of aromatic amines is 1. The first-order chi connectivity index (χ1) is 16.4. The number of halogens is 1. The normalized spacial score (nSPS) is 17.8. The zero-order valence-corrected chi connectivity index (χ0v) is 19.8. The van der Waals surface area contributed by atoms with Crippen molar-refractivity contribution in [3.8, 4) is 0 Å². The highest BCUT2D eigenvalue weighted by molar-refractivity contribution is 5.85. The molecule has 0 saturated carbocycles. The van der Waals surface area contributed by atoms with Gasteiger partial charge in [0, 0.05) is 17.5 Å². The van der Waals surface area contributed by atoms with Gasteiger partial charge in [-0.3, -0.25) is 9.69 Å². The average Bonchev–Trinajstić information content (AvgIpc) is 3.26. The lowest BCUT2D eigenvalue weighted by Crippen LogP contribution is -2.41. The molecule has 2 aromatic heterocycles. The maximum Gasteiger partial charge on any atom is 0.253 e. The van der Waals surface area contributed by atoms with Gasteiger partial charge < -0.3 is 4.98 Å². The van der Waals surface area contributed by atoms with Crippen molar-refractivity contribution in [2.75, 3.05) is 13.1 Å². The SMILES string of the molecule is Cc1ccc(C)c2[nH]c(=O)c([C@H](c3nnnn3Cc3ccc(F)cc3)N3CCC[C@@H](C)C3)cc12. The summed E-state index contributed by atoms with van der Waals surface area (Å²) in [6, 6.07) is 12.1. The average molecular weight is 461 g/mol. The number of benzene rings is 2. The summed E-state index contributed by atoms with van der Waals surface area (Å²) in [5, 5.41) is 13.6. The van der Waals surface area contributed by atoms with Gasteiger partial charge in [0.05, 0.1) is 12.1 Å². The van der Waals surface area contributed by atoms with Crippen molar-refractivity contribution in [1.82, 2.24) is 30.1 Å². The predicted octanol–water partition coefficient (Wildman–Crippen LogP) is 4.14. The number of piperidine rings is 1. The molecular weight excluding hydrogens is 431 g/mol. The van der Waals surface area contributed by atoms with Gasteiger partial charge in [0.2, 0.25) is 0 Å². The molecule has 1 N–H and O–H groups in total. The molecule has 3 heterocycles. The van der Waals surface area contributed by atoms with Crippen LogP contribution in [0.2, 0.25) is 0 Å². The zero-order valence-electron chi connectivity index (χ0n) is 19.8. The second kappa shape index (κ2) is 9.10. The number of tetrazole rings is 1. The van der Waals surface area contributed by atoms with Crippen LogP contribution in [0.4, 0.5) is 4.39 Å². The Morgan fingerprint density at radius 1 is 1.15 bits per heavy atom. The van der Waals surface area contributed by atoms with Gasteiger partial charge in [-0.05, 0) is 84.5 Å². The summed E-state index contributed by atoms with van der Waals surface area (Å²) in [5.74, 6) is 0.851. The maximum absolute atomic E-state index is 13.5. The van der Waals surface area contributed by atoms with Crippen LogP contribution in [-0.4, -0.2) is 43.2 Å². The molecule has 5 rings (SSSR count). The Kier molecular flexibility index (Phi) is 6.00. The minimum absolute atomic E-state index is 0.124. The number of aromatic nitrogens is 5. The van der Waals surface area contributed by atoms with Crippen LogP contribution in [0.5, 0.6) is 0 Å². The molecule has 1 aliphatic rings. The minimum atomic E-state index is -0.383. The zero-order chi connectivity index (χ0) is 23.8. The minimum Gasteiger partial charge on any atom is -0.321 e. The summed E-state index contributed by atoms with van der Waals surface area (Å²) in [7, 11) is 0. The molecule has 4 aromatic rings. The molecule has 7 nitrogen and oxygen atoms in total. The highest BCUT2D eigenvalue weighted by Crippen LogP contribution is 2.32. The number of likely N-dealkylation sites (tertiary alicyclic amines) is 1. The molecular formula is C26H29FN6O. The summed E-state index contributed by atoms with van der Waals surface area (Å²) in [6.07, 6.45) is 2.22. The van der Waals surface area contributed by atoms with E-state index < -0.39 is 0 Å². The number of H-pyrrole nitrogens is 1. The smallest absolute Gasteiger partial charge is 0.253 e. The van der Waals surface area contributed by atoms with Crippen molar-refractivity contribution in [3.63, 3.8) is 0 Å². The lowest BCUT2D eigenvalue weighted by atomic mass is 9.95. The van der Waals surface area contributed by atoms with Crippen LogP contribution in [0.15, 0.2) is 47.3 Å². The van der Waals surface area contributed by atoms with E-state index in [1.807, 2.05) is 19.1 Å². The molecule has 1 fully saturated rings. The van der Waals surface area contributed by atoms with Crippen LogP contribution in [0.25, 0.3) is 10.9 Å². The first kappa shape index (κ1) is 22.4. The quantitative estimate of drug-likeness (QED) is 0.484. The number of hydrogen-bond acceptors (Lipinski definition) is 5. The fourth-order valence-electron chi connectivity index (χ4n) is 5.04. The second-order valence-electron chi connectivity index (χ2n) is 9.51. The van der Waals surface area contributed by atoms with E-state index in [1.165, 1.54) is 12.1 Å². The van der Waals surface area contributed by atoms with Crippen molar-refractivity contribution in [2.24, 2.45) is 5.92 Å². The number of fused-ring (bicyclic) bond motifs is 1. The third-order valence-electron chi connectivity index (χ3n) is 6.87. The number of nitrogens with one attached hydrogen (secondary N) is 1. The molecule has 0 aliphatic carbocycles. The number of nitrogens with zero attached hydrogens (tertiary/aromatic N) is 5. The van der Waals surface area contributed by atoms with Crippen LogP contribution < -0.4 is 5.56 Å². The molecule has 1 saturated heterocycles. The Labute approximate surface area is 197 Å².